The predicted molar refractivity (Wildman–Crippen MR) is 124 cm³/mol. The maximum absolute atomic E-state index is 13.4. The van der Waals surface area contributed by atoms with Gasteiger partial charge in [0.2, 0.25) is 0 Å². The Bertz CT molecular complexity index is 1170. The molecule has 0 bridgehead atoms. The Labute approximate surface area is 187 Å². The van der Waals surface area contributed by atoms with Gasteiger partial charge in [0.1, 0.15) is 17.2 Å². The van der Waals surface area contributed by atoms with Crippen LogP contribution in [-0.2, 0) is 13.1 Å². The highest BCUT2D eigenvalue weighted by atomic mass is 16.5. The summed E-state index contributed by atoms with van der Waals surface area (Å²) in [5, 5.41) is 21.7. The summed E-state index contributed by atoms with van der Waals surface area (Å²) in [6.45, 7) is 10.4. The second kappa shape index (κ2) is 9.34. The van der Waals surface area contributed by atoms with Crippen molar-refractivity contribution in [1.82, 2.24) is 9.13 Å². The Balaban J connectivity index is 2.41. The molecule has 7 heteroatoms. The van der Waals surface area contributed by atoms with Crippen molar-refractivity contribution >= 4 is 0 Å². The summed E-state index contributed by atoms with van der Waals surface area (Å²) in [5.41, 5.74) is 1.14. The summed E-state index contributed by atoms with van der Waals surface area (Å²) in [4.78, 5) is 26.9. The molecule has 3 rings (SSSR count). The van der Waals surface area contributed by atoms with Crippen LogP contribution >= 0.6 is 0 Å². The fourth-order valence-electron chi connectivity index (χ4n) is 4.27. The van der Waals surface area contributed by atoms with E-state index in [0.717, 1.165) is 0 Å². The van der Waals surface area contributed by atoms with E-state index in [9.17, 15) is 19.8 Å². The second-order valence-corrected chi connectivity index (χ2v) is 7.70. The van der Waals surface area contributed by atoms with E-state index in [1.54, 1.807) is 47.2 Å². The van der Waals surface area contributed by atoms with Gasteiger partial charge in [0, 0.05) is 24.5 Å². The minimum atomic E-state index is -0.956. The number of aromatic hydroxyl groups is 2. The molecular formula is C25H30N2O5. The SMILES string of the molecule is CCOc1ccc(C(c2c(O)cc(C)n(CC)c2=O)c2c(O)cc(C)n(CC)c2=O)cc1. The van der Waals surface area contributed by atoms with Gasteiger partial charge >= 0.3 is 0 Å². The molecule has 0 spiro atoms. The zero-order chi connectivity index (χ0) is 23.6. The highest BCUT2D eigenvalue weighted by Gasteiger charge is 2.30. The largest absolute Gasteiger partial charge is 0.507 e. The van der Waals surface area contributed by atoms with Crippen molar-refractivity contribution < 1.29 is 14.9 Å². The van der Waals surface area contributed by atoms with Crippen LogP contribution < -0.4 is 15.9 Å². The Morgan fingerprint density at radius 2 is 1.25 bits per heavy atom. The minimum Gasteiger partial charge on any atom is -0.507 e. The maximum Gasteiger partial charge on any atom is 0.258 e. The van der Waals surface area contributed by atoms with E-state index in [1.165, 1.54) is 12.1 Å². The number of nitrogens with zero attached hydrogens (tertiary/aromatic N) is 2. The third kappa shape index (κ3) is 4.02. The summed E-state index contributed by atoms with van der Waals surface area (Å²) in [5.74, 6) is -0.729. The van der Waals surface area contributed by atoms with Crippen LogP contribution in [0.5, 0.6) is 17.2 Å². The van der Waals surface area contributed by atoms with Crippen molar-refractivity contribution in [2.75, 3.05) is 6.61 Å². The third-order valence-corrected chi connectivity index (χ3v) is 5.78. The van der Waals surface area contributed by atoms with Gasteiger partial charge in [-0.3, -0.25) is 9.59 Å². The number of ether oxygens (including phenoxy) is 1. The second-order valence-electron chi connectivity index (χ2n) is 7.70. The molecule has 3 aromatic rings. The van der Waals surface area contributed by atoms with Gasteiger partial charge in [0.25, 0.3) is 11.1 Å². The van der Waals surface area contributed by atoms with Gasteiger partial charge < -0.3 is 24.1 Å². The molecule has 2 heterocycles. The topological polar surface area (TPSA) is 93.7 Å². The monoisotopic (exact) mass is 438 g/mol. The van der Waals surface area contributed by atoms with E-state index in [0.29, 0.717) is 42.4 Å². The van der Waals surface area contributed by atoms with Crippen molar-refractivity contribution in [1.29, 1.82) is 0 Å². The maximum atomic E-state index is 13.4. The number of hydrogen-bond acceptors (Lipinski definition) is 5. The molecule has 170 valence electrons. The van der Waals surface area contributed by atoms with Crippen molar-refractivity contribution in [2.45, 2.75) is 53.6 Å². The van der Waals surface area contributed by atoms with E-state index in [1.807, 2.05) is 20.8 Å². The van der Waals surface area contributed by atoms with E-state index < -0.39 is 17.0 Å². The number of rotatable bonds is 7. The molecule has 7 nitrogen and oxygen atoms in total. The fourth-order valence-corrected chi connectivity index (χ4v) is 4.27. The molecule has 0 radical (unpaired) electrons. The zero-order valence-electron chi connectivity index (χ0n) is 19.2. The molecule has 0 unspecified atom stereocenters. The normalized spacial score (nSPS) is 11.2. The molecule has 32 heavy (non-hydrogen) atoms. The third-order valence-electron chi connectivity index (χ3n) is 5.78. The number of benzene rings is 1. The molecule has 2 N–H and O–H groups in total. The predicted octanol–water partition coefficient (Wildman–Crippen LogP) is 3.66. The first-order valence-electron chi connectivity index (χ1n) is 10.8. The molecule has 0 aliphatic carbocycles. The first kappa shape index (κ1) is 23.2. The Morgan fingerprint density at radius 1 is 0.812 bits per heavy atom. The summed E-state index contributed by atoms with van der Waals surface area (Å²) in [6.07, 6.45) is 0. The lowest BCUT2D eigenvalue weighted by atomic mass is 9.84. The van der Waals surface area contributed by atoms with Gasteiger partial charge in [-0.05, 0) is 64.4 Å². The van der Waals surface area contributed by atoms with E-state index >= 15 is 0 Å². The molecule has 1 aromatic carbocycles. The van der Waals surface area contributed by atoms with Crippen molar-refractivity contribution in [3.63, 3.8) is 0 Å². The van der Waals surface area contributed by atoms with Crippen molar-refractivity contribution in [3.05, 3.63) is 85.2 Å². The smallest absolute Gasteiger partial charge is 0.258 e. The standard InChI is InChI=1S/C25H30N2O5/c1-6-26-15(4)13-19(28)22(24(26)30)21(17-9-11-18(12-10-17)32-8-3)23-20(29)14-16(5)27(7-2)25(23)31/h9-14,21,28-29H,6-8H2,1-5H3. The van der Waals surface area contributed by atoms with Crippen LogP contribution in [0.3, 0.4) is 0 Å². The first-order valence-corrected chi connectivity index (χ1v) is 10.8. The zero-order valence-corrected chi connectivity index (χ0v) is 19.2. The van der Waals surface area contributed by atoms with Crippen LogP contribution in [0.2, 0.25) is 0 Å². The van der Waals surface area contributed by atoms with E-state index in [-0.39, 0.29) is 22.6 Å². The number of aryl methyl sites for hydroxylation is 2. The molecule has 0 aliphatic rings. The van der Waals surface area contributed by atoms with Crippen LogP contribution in [0.25, 0.3) is 0 Å². The molecule has 0 fully saturated rings. The van der Waals surface area contributed by atoms with Crippen molar-refractivity contribution in [2.24, 2.45) is 0 Å². The lowest BCUT2D eigenvalue weighted by Crippen LogP contribution is -2.32. The van der Waals surface area contributed by atoms with Crippen LogP contribution in [0.15, 0.2) is 46.0 Å². The summed E-state index contributed by atoms with van der Waals surface area (Å²) in [7, 11) is 0. The first-order chi connectivity index (χ1) is 15.2. The summed E-state index contributed by atoms with van der Waals surface area (Å²) < 4.78 is 8.60. The Morgan fingerprint density at radius 3 is 1.62 bits per heavy atom. The lowest BCUT2D eigenvalue weighted by molar-refractivity contribution is 0.340. The van der Waals surface area contributed by atoms with E-state index in [4.69, 9.17) is 4.74 Å². The fraction of sp³-hybridized carbons (Fsp3) is 0.360. The quantitative estimate of drug-likeness (QED) is 0.587. The minimum absolute atomic E-state index is 0.0560. The molecule has 0 atom stereocenters. The summed E-state index contributed by atoms with van der Waals surface area (Å²) in [6, 6.07) is 10.0. The number of aromatic nitrogens is 2. The highest BCUT2D eigenvalue weighted by Crippen LogP contribution is 2.38. The van der Waals surface area contributed by atoms with Crippen molar-refractivity contribution in [3.8, 4) is 17.2 Å². The average Bonchev–Trinajstić information content (AvgIpc) is 2.73. The Hall–Kier alpha value is -3.48. The van der Waals surface area contributed by atoms with Gasteiger partial charge in [-0.25, -0.2) is 0 Å². The number of hydrogen-bond donors (Lipinski definition) is 2. The highest BCUT2D eigenvalue weighted by molar-refractivity contribution is 5.52. The molecule has 0 aliphatic heterocycles. The van der Waals surface area contributed by atoms with Crippen LogP contribution in [0.1, 0.15) is 54.8 Å². The molecule has 2 aromatic heterocycles. The lowest BCUT2D eigenvalue weighted by Gasteiger charge is -2.23. The van der Waals surface area contributed by atoms with Gasteiger partial charge in [0.05, 0.1) is 23.7 Å². The van der Waals surface area contributed by atoms with Gasteiger partial charge in [-0.15, -0.1) is 0 Å². The Kier molecular flexibility index (Phi) is 6.77. The average molecular weight is 439 g/mol. The van der Waals surface area contributed by atoms with Crippen LogP contribution in [-0.4, -0.2) is 26.0 Å². The van der Waals surface area contributed by atoms with Gasteiger partial charge in [0.15, 0.2) is 0 Å². The molecular weight excluding hydrogens is 408 g/mol. The van der Waals surface area contributed by atoms with E-state index in [2.05, 4.69) is 0 Å². The van der Waals surface area contributed by atoms with Crippen LogP contribution in [0.4, 0.5) is 0 Å². The molecule has 0 amide bonds. The molecule has 0 saturated heterocycles. The summed E-state index contributed by atoms with van der Waals surface area (Å²) >= 11 is 0. The van der Waals surface area contributed by atoms with Crippen LogP contribution in [0, 0.1) is 13.8 Å². The molecule has 0 saturated carbocycles. The van der Waals surface area contributed by atoms with Gasteiger partial charge in [-0.2, -0.15) is 0 Å². The number of pyridine rings is 2. The van der Waals surface area contributed by atoms with Gasteiger partial charge in [-0.1, -0.05) is 12.1 Å².